The van der Waals surface area contributed by atoms with E-state index in [1.165, 1.54) is 47.0 Å². The van der Waals surface area contributed by atoms with Crippen LogP contribution in [0.25, 0.3) is 6.08 Å². The second-order valence-electron chi connectivity index (χ2n) is 5.86. The second kappa shape index (κ2) is 7.76. The van der Waals surface area contributed by atoms with Crippen LogP contribution in [0.3, 0.4) is 0 Å². The molecule has 0 spiro atoms. The smallest absolute Gasteiger partial charge is 0.321 e. The quantitative estimate of drug-likeness (QED) is 0.571. The third-order valence-corrected chi connectivity index (χ3v) is 5.42. The first kappa shape index (κ1) is 20.1. The summed E-state index contributed by atoms with van der Waals surface area (Å²) >= 11 is 6.24. The predicted molar refractivity (Wildman–Crippen MR) is 107 cm³/mol. The largest absolute Gasteiger partial charge is 0.418 e. The van der Waals surface area contributed by atoms with Crippen LogP contribution in [0.4, 0.5) is 18.9 Å². The first-order valence-electron chi connectivity index (χ1n) is 7.96. The number of nitrogens with zero attached hydrogens (tertiary/aromatic N) is 1. The molecule has 0 saturated carbocycles. The Bertz CT molecular complexity index is 985. The summed E-state index contributed by atoms with van der Waals surface area (Å²) in [6, 6.07) is 10.9. The molecule has 1 N–H and O–H groups in total. The Hall–Kier alpha value is -2.65. The number of para-hydroxylation sites is 1. The third kappa shape index (κ3) is 4.26. The van der Waals surface area contributed by atoms with Crippen molar-refractivity contribution in [3.63, 3.8) is 0 Å². The molecule has 4 nitrogen and oxygen atoms in total. The van der Waals surface area contributed by atoms with Crippen LogP contribution < -0.4 is 5.32 Å². The van der Waals surface area contributed by atoms with Gasteiger partial charge in [-0.3, -0.25) is 14.5 Å². The van der Waals surface area contributed by atoms with Gasteiger partial charge in [0.25, 0.3) is 11.8 Å². The minimum atomic E-state index is -4.57. The van der Waals surface area contributed by atoms with E-state index in [9.17, 15) is 22.8 Å². The fourth-order valence-corrected chi connectivity index (χ4v) is 3.64. The van der Waals surface area contributed by atoms with Gasteiger partial charge in [0.05, 0.1) is 16.2 Å². The Labute approximate surface area is 168 Å². The van der Waals surface area contributed by atoms with Crippen LogP contribution in [0, 0.1) is 0 Å². The molecular formula is C19H13F3N2O2S2. The Kier molecular flexibility index (Phi) is 5.57. The van der Waals surface area contributed by atoms with Gasteiger partial charge in [-0.05, 0) is 35.9 Å². The van der Waals surface area contributed by atoms with E-state index >= 15 is 0 Å². The zero-order valence-electron chi connectivity index (χ0n) is 14.4. The van der Waals surface area contributed by atoms with Crippen molar-refractivity contribution in [2.45, 2.75) is 6.18 Å². The van der Waals surface area contributed by atoms with Gasteiger partial charge in [-0.15, -0.1) is 0 Å². The van der Waals surface area contributed by atoms with E-state index in [0.717, 1.165) is 6.07 Å². The molecule has 0 aromatic heterocycles. The molecule has 1 heterocycles. The van der Waals surface area contributed by atoms with E-state index in [1.54, 1.807) is 25.3 Å². The van der Waals surface area contributed by atoms with Crippen molar-refractivity contribution in [3.05, 3.63) is 70.1 Å². The molecule has 1 fully saturated rings. The van der Waals surface area contributed by atoms with Crippen molar-refractivity contribution < 1.29 is 22.8 Å². The normalized spacial score (nSPS) is 16.0. The summed E-state index contributed by atoms with van der Waals surface area (Å²) in [7, 11) is 1.59. The number of nitrogens with one attached hydrogen (secondary N) is 1. The number of rotatable bonds is 3. The summed E-state index contributed by atoms with van der Waals surface area (Å²) in [4.78, 5) is 26.1. The Balaban J connectivity index is 1.77. The average Bonchev–Trinajstić information content (AvgIpc) is 2.88. The number of anilines is 1. The van der Waals surface area contributed by atoms with Gasteiger partial charge in [0.1, 0.15) is 4.32 Å². The van der Waals surface area contributed by atoms with Crippen LogP contribution in [0.1, 0.15) is 21.5 Å². The van der Waals surface area contributed by atoms with Gasteiger partial charge in [0, 0.05) is 12.6 Å². The molecule has 9 heteroatoms. The van der Waals surface area contributed by atoms with Crippen molar-refractivity contribution in [1.29, 1.82) is 0 Å². The summed E-state index contributed by atoms with van der Waals surface area (Å²) in [5.41, 5.74) is -0.365. The molecule has 1 aliphatic heterocycles. The summed E-state index contributed by atoms with van der Waals surface area (Å²) < 4.78 is 39.6. The number of hydrogen-bond acceptors (Lipinski definition) is 4. The van der Waals surface area contributed by atoms with Crippen LogP contribution >= 0.6 is 24.0 Å². The first-order chi connectivity index (χ1) is 13.2. The van der Waals surface area contributed by atoms with E-state index in [1.807, 2.05) is 0 Å². The van der Waals surface area contributed by atoms with E-state index in [-0.39, 0.29) is 17.2 Å². The molecule has 1 saturated heterocycles. The molecule has 0 aliphatic carbocycles. The summed E-state index contributed by atoms with van der Waals surface area (Å²) in [5, 5.41) is 2.29. The van der Waals surface area contributed by atoms with Crippen molar-refractivity contribution >= 4 is 51.9 Å². The molecule has 0 atom stereocenters. The number of thiocarbonyl (C=S) groups is 1. The number of likely N-dealkylation sites (N-methyl/N-ethyl adjacent to an activating group) is 1. The molecule has 1 aliphatic rings. The Morgan fingerprint density at radius 2 is 1.79 bits per heavy atom. The minimum Gasteiger partial charge on any atom is -0.321 e. The maximum atomic E-state index is 13.0. The zero-order valence-corrected chi connectivity index (χ0v) is 16.0. The van der Waals surface area contributed by atoms with Crippen molar-refractivity contribution in [2.24, 2.45) is 0 Å². The maximum Gasteiger partial charge on any atom is 0.418 e. The molecule has 144 valence electrons. The number of halogens is 3. The van der Waals surface area contributed by atoms with Crippen molar-refractivity contribution in [3.8, 4) is 0 Å². The molecule has 28 heavy (non-hydrogen) atoms. The highest BCUT2D eigenvalue weighted by atomic mass is 32.2. The fraction of sp³-hybridized carbons (Fsp3) is 0.105. The predicted octanol–water partition coefficient (Wildman–Crippen LogP) is 4.79. The second-order valence-corrected chi connectivity index (χ2v) is 7.54. The molecule has 2 aromatic carbocycles. The standard InChI is InChI=1S/C19H13F3N2O2S2/c1-24-17(26)15(28-18(24)27)10-11-6-8-12(9-7-11)16(25)23-14-5-3-2-4-13(14)19(20,21)22/h2-10H,1H3,(H,23,25). The number of benzene rings is 2. The molecule has 0 bridgehead atoms. The maximum absolute atomic E-state index is 13.0. The van der Waals surface area contributed by atoms with Gasteiger partial charge in [-0.1, -0.05) is 48.2 Å². The van der Waals surface area contributed by atoms with E-state index < -0.39 is 17.6 Å². The van der Waals surface area contributed by atoms with Crippen molar-refractivity contribution in [1.82, 2.24) is 4.90 Å². The fourth-order valence-electron chi connectivity index (χ4n) is 2.46. The van der Waals surface area contributed by atoms with E-state index in [0.29, 0.717) is 14.8 Å². The highest BCUT2D eigenvalue weighted by Crippen LogP contribution is 2.35. The lowest BCUT2D eigenvalue weighted by atomic mass is 10.1. The molecular weight excluding hydrogens is 409 g/mol. The number of amides is 2. The molecule has 0 unspecified atom stereocenters. The number of hydrogen-bond donors (Lipinski definition) is 1. The van der Waals surface area contributed by atoms with Crippen LogP contribution in [-0.2, 0) is 11.0 Å². The van der Waals surface area contributed by atoms with Crippen LogP contribution in [0.2, 0.25) is 0 Å². The number of alkyl halides is 3. The minimum absolute atomic E-state index is 0.192. The number of carbonyl (C=O) groups is 2. The Morgan fingerprint density at radius 1 is 1.14 bits per heavy atom. The zero-order chi connectivity index (χ0) is 20.5. The summed E-state index contributed by atoms with van der Waals surface area (Å²) in [6.45, 7) is 0. The topological polar surface area (TPSA) is 49.4 Å². The third-order valence-electron chi connectivity index (χ3n) is 3.94. The number of carbonyl (C=O) groups excluding carboxylic acids is 2. The molecule has 0 radical (unpaired) electrons. The van der Waals surface area contributed by atoms with Crippen molar-refractivity contribution in [2.75, 3.05) is 12.4 Å². The van der Waals surface area contributed by atoms with Gasteiger partial charge in [-0.2, -0.15) is 13.2 Å². The average molecular weight is 422 g/mol. The number of thioether (sulfide) groups is 1. The van der Waals surface area contributed by atoms with Gasteiger partial charge in [0.15, 0.2) is 0 Å². The summed E-state index contributed by atoms with van der Waals surface area (Å²) in [6.07, 6.45) is -2.93. The van der Waals surface area contributed by atoms with Crippen LogP contribution in [-0.4, -0.2) is 28.1 Å². The van der Waals surface area contributed by atoms with Gasteiger partial charge in [-0.25, -0.2) is 0 Å². The molecule has 2 aromatic rings. The monoisotopic (exact) mass is 422 g/mol. The molecule has 3 rings (SSSR count). The van der Waals surface area contributed by atoms with E-state index in [2.05, 4.69) is 5.32 Å². The van der Waals surface area contributed by atoms with Crippen LogP contribution in [0.5, 0.6) is 0 Å². The SMILES string of the molecule is CN1C(=O)C(=Cc2ccc(C(=O)Nc3ccccc3C(F)(F)F)cc2)SC1=S. The molecule has 2 amide bonds. The Morgan fingerprint density at radius 3 is 2.36 bits per heavy atom. The lowest BCUT2D eigenvalue weighted by molar-refractivity contribution is -0.137. The van der Waals surface area contributed by atoms with E-state index in [4.69, 9.17) is 12.2 Å². The van der Waals surface area contributed by atoms with Gasteiger partial charge in [0.2, 0.25) is 0 Å². The highest BCUT2D eigenvalue weighted by molar-refractivity contribution is 8.26. The van der Waals surface area contributed by atoms with Gasteiger partial charge < -0.3 is 5.32 Å². The van der Waals surface area contributed by atoms with Crippen LogP contribution in [0.15, 0.2) is 53.4 Å². The lowest BCUT2D eigenvalue weighted by Crippen LogP contribution is -2.22. The highest BCUT2D eigenvalue weighted by Gasteiger charge is 2.33. The first-order valence-corrected chi connectivity index (χ1v) is 9.18. The lowest BCUT2D eigenvalue weighted by Gasteiger charge is -2.13. The summed E-state index contributed by atoms with van der Waals surface area (Å²) in [5.74, 6) is -0.872. The van der Waals surface area contributed by atoms with Gasteiger partial charge >= 0.3 is 6.18 Å².